The fourth-order valence-electron chi connectivity index (χ4n) is 2.57. The highest BCUT2D eigenvalue weighted by atomic mass is 16.3. The number of hydrogen-bond acceptors (Lipinski definition) is 3. The molecule has 0 saturated carbocycles. The van der Waals surface area contributed by atoms with Crippen LogP contribution in [-0.4, -0.2) is 22.5 Å². The summed E-state index contributed by atoms with van der Waals surface area (Å²) in [4.78, 5) is 14.2. The molecule has 0 atom stereocenters. The normalized spacial score (nSPS) is 13.9. The smallest absolute Gasteiger partial charge is 0.254 e. The number of phenolic OH excluding ortho intramolecular Hbond substituents is 1. The van der Waals surface area contributed by atoms with E-state index < -0.39 is 0 Å². The highest BCUT2D eigenvalue weighted by Crippen LogP contribution is 2.24. The highest BCUT2D eigenvalue weighted by Gasteiger charge is 2.22. The van der Waals surface area contributed by atoms with Gasteiger partial charge in [0, 0.05) is 24.3 Å². The van der Waals surface area contributed by atoms with Crippen LogP contribution in [0.25, 0.3) is 0 Å². The van der Waals surface area contributed by atoms with Crippen molar-refractivity contribution in [1.29, 1.82) is 0 Å². The van der Waals surface area contributed by atoms with Crippen molar-refractivity contribution in [2.45, 2.75) is 13.0 Å². The number of nitrogens with two attached hydrogens (primary N) is 1. The number of carbonyl (C=O) groups excluding carboxylic acids is 1. The summed E-state index contributed by atoms with van der Waals surface area (Å²) in [6.07, 6.45) is 0.809. The van der Waals surface area contributed by atoms with Crippen molar-refractivity contribution in [3.63, 3.8) is 0 Å². The van der Waals surface area contributed by atoms with Crippen LogP contribution in [-0.2, 0) is 13.0 Å². The number of aromatic hydroxyl groups is 1. The van der Waals surface area contributed by atoms with Gasteiger partial charge in [-0.3, -0.25) is 4.79 Å². The summed E-state index contributed by atoms with van der Waals surface area (Å²) >= 11 is 0. The first kappa shape index (κ1) is 12.5. The van der Waals surface area contributed by atoms with E-state index in [1.165, 1.54) is 5.56 Å². The summed E-state index contributed by atoms with van der Waals surface area (Å²) in [7, 11) is 0. The molecular weight excluding hydrogens is 252 g/mol. The zero-order valence-corrected chi connectivity index (χ0v) is 11.0. The molecule has 0 unspecified atom stereocenters. The van der Waals surface area contributed by atoms with E-state index in [1.807, 2.05) is 6.07 Å². The van der Waals surface area contributed by atoms with Crippen LogP contribution in [0.3, 0.4) is 0 Å². The van der Waals surface area contributed by atoms with E-state index in [2.05, 4.69) is 0 Å². The summed E-state index contributed by atoms with van der Waals surface area (Å²) in [5, 5.41) is 9.55. The van der Waals surface area contributed by atoms with E-state index >= 15 is 0 Å². The van der Waals surface area contributed by atoms with Crippen molar-refractivity contribution in [1.82, 2.24) is 4.90 Å². The van der Waals surface area contributed by atoms with Crippen LogP contribution >= 0.6 is 0 Å². The van der Waals surface area contributed by atoms with Gasteiger partial charge < -0.3 is 15.7 Å². The molecule has 1 aliphatic heterocycles. The predicted molar refractivity (Wildman–Crippen MR) is 77.4 cm³/mol. The average Bonchev–Trinajstić information content (AvgIpc) is 2.45. The van der Waals surface area contributed by atoms with Gasteiger partial charge in [-0.15, -0.1) is 0 Å². The lowest BCUT2D eigenvalue weighted by molar-refractivity contribution is 0.0734. The lowest BCUT2D eigenvalue weighted by atomic mass is 9.99. The van der Waals surface area contributed by atoms with Crippen LogP contribution in [0.1, 0.15) is 21.5 Å². The third-order valence-corrected chi connectivity index (χ3v) is 3.62. The van der Waals surface area contributed by atoms with Gasteiger partial charge in [-0.1, -0.05) is 12.1 Å². The van der Waals surface area contributed by atoms with Gasteiger partial charge in [0.05, 0.1) is 0 Å². The van der Waals surface area contributed by atoms with Crippen molar-refractivity contribution < 1.29 is 9.90 Å². The van der Waals surface area contributed by atoms with Crippen LogP contribution < -0.4 is 5.73 Å². The molecule has 0 radical (unpaired) electrons. The van der Waals surface area contributed by atoms with Gasteiger partial charge in [-0.2, -0.15) is 0 Å². The van der Waals surface area contributed by atoms with E-state index in [-0.39, 0.29) is 11.7 Å². The Morgan fingerprint density at radius 2 is 2.00 bits per heavy atom. The van der Waals surface area contributed by atoms with Crippen LogP contribution in [0.15, 0.2) is 42.5 Å². The monoisotopic (exact) mass is 268 g/mol. The third kappa shape index (κ3) is 2.32. The largest absolute Gasteiger partial charge is 0.508 e. The van der Waals surface area contributed by atoms with Gasteiger partial charge in [0.2, 0.25) is 0 Å². The number of benzene rings is 2. The van der Waals surface area contributed by atoms with Gasteiger partial charge >= 0.3 is 0 Å². The second-order valence-electron chi connectivity index (χ2n) is 5.06. The van der Waals surface area contributed by atoms with Crippen LogP contribution in [0.5, 0.6) is 5.75 Å². The molecule has 1 heterocycles. The molecule has 3 rings (SSSR count). The molecule has 0 saturated heterocycles. The first-order valence-corrected chi connectivity index (χ1v) is 6.59. The van der Waals surface area contributed by atoms with Gasteiger partial charge in [-0.25, -0.2) is 0 Å². The number of nitrogen functional groups attached to an aromatic ring is 1. The number of rotatable bonds is 1. The van der Waals surface area contributed by atoms with Gasteiger partial charge in [0.25, 0.3) is 5.91 Å². The number of hydrogen-bond donors (Lipinski definition) is 2. The first-order chi connectivity index (χ1) is 9.63. The first-order valence-electron chi connectivity index (χ1n) is 6.59. The summed E-state index contributed by atoms with van der Waals surface area (Å²) in [5.74, 6) is 0.216. The van der Waals surface area contributed by atoms with Gasteiger partial charge in [0.1, 0.15) is 5.75 Å². The standard InChI is InChI=1S/C16H16N2O2/c17-14-3-1-2-12(8-14)16(20)18-7-6-11-4-5-15(19)9-13(11)10-18/h1-5,8-9,19H,6-7,10,17H2. The summed E-state index contributed by atoms with van der Waals surface area (Å²) in [6, 6.07) is 12.4. The Bertz CT molecular complexity index is 667. The minimum atomic E-state index is -0.0220. The lowest BCUT2D eigenvalue weighted by Crippen LogP contribution is -2.35. The Morgan fingerprint density at radius 3 is 2.80 bits per heavy atom. The molecule has 1 amide bonds. The van der Waals surface area contributed by atoms with E-state index in [9.17, 15) is 9.90 Å². The number of nitrogens with zero attached hydrogens (tertiary/aromatic N) is 1. The fraction of sp³-hybridized carbons (Fsp3) is 0.188. The summed E-state index contributed by atoms with van der Waals surface area (Å²) < 4.78 is 0. The van der Waals surface area contributed by atoms with Gasteiger partial charge in [-0.05, 0) is 47.9 Å². The number of carbonyl (C=O) groups is 1. The Kier molecular flexibility index (Phi) is 3.06. The number of anilines is 1. The van der Waals surface area contributed by atoms with E-state index in [0.29, 0.717) is 24.3 Å². The SMILES string of the molecule is Nc1cccc(C(=O)N2CCc3ccc(O)cc3C2)c1. The minimum absolute atomic E-state index is 0.0220. The Hall–Kier alpha value is -2.49. The molecule has 4 heteroatoms. The highest BCUT2D eigenvalue weighted by molar-refractivity contribution is 5.95. The van der Waals surface area contributed by atoms with Crippen molar-refractivity contribution in [3.05, 3.63) is 59.2 Å². The molecule has 0 spiro atoms. The zero-order valence-electron chi connectivity index (χ0n) is 11.0. The zero-order chi connectivity index (χ0) is 14.1. The molecule has 0 aliphatic carbocycles. The van der Waals surface area contributed by atoms with Crippen LogP contribution in [0.2, 0.25) is 0 Å². The van der Waals surface area contributed by atoms with Crippen molar-refractivity contribution in [2.75, 3.05) is 12.3 Å². The molecule has 2 aromatic rings. The molecular formula is C16H16N2O2. The van der Waals surface area contributed by atoms with Crippen molar-refractivity contribution in [3.8, 4) is 5.75 Å². The number of phenols is 1. The molecule has 0 bridgehead atoms. The second-order valence-corrected chi connectivity index (χ2v) is 5.06. The quantitative estimate of drug-likeness (QED) is 0.779. The fourth-order valence-corrected chi connectivity index (χ4v) is 2.57. The Morgan fingerprint density at radius 1 is 1.15 bits per heavy atom. The molecule has 102 valence electrons. The predicted octanol–water partition coefficient (Wildman–Crippen LogP) is 2.17. The average molecular weight is 268 g/mol. The Labute approximate surface area is 117 Å². The van der Waals surface area contributed by atoms with Crippen LogP contribution in [0.4, 0.5) is 5.69 Å². The third-order valence-electron chi connectivity index (χ3n) is 3.62. The maximum Gasteiger partial charge on any atom is 0.254 e. The number of amides is 1. The molecule has 3 N–H and O–H groups in total. The van der Waals surface area contributed by atoms with E-state index in [1.54, 1.807) is 41.3 Å². The molecule has 2 aromatic carbocycles. The topological polar surface area (TPSA) is 66.6 Å². The summed E-state index contributed by atoms with van der Waals surface area (Å²) in [6.45, 7) is 1.21. The molecule has 20 heavy (non-hydrogen) atoms. The van der Waals surface area contributed by atoms with E-state index in [0.717, 1.165) is 12.0 Å². The van der Waals surface area contributed by atoms with Gasteiger partial charge in [0.15, 0.2) is 0 Å². The van der Waals surface area contributed by atoms with E-state index in [4.69, 9.17) is 5.73 Å². The molecule has 1 aliphatic rings. The number of fused-ring (bicyclic) bond motifs is 1. The lowest BCUT2D eigenvalue weighted by Gasteiger charge is -2.29. The molecule has 4 nitrogen and oxygen atoms in total. The second kappa shape index (κ2) is 4.89. The maximum atomic E-state index is 12.5. The minimum Gasteiger partial charge on any atom is -0.508 e. The molecule has 0 aromatic heterocycles. The summed E-state index contributed by atoms with van der Waals surface area (Å²) in [5.41, 5.74) is 9.11. The maximum absolute atomic E-state index is 12.5. The Balaban J connectivity index is 1.84. The molecule has 0 fully saturated rings. The van der Waals surface area contributed by atoms with Crippen molar-refractivity contribution >= 4 is 11.6 Å². The van der Waals surface area contributed by atoms with Crippen LogP contribution in [0, 0.1) is 0 Å². The van der Waals surface area contributed by atoms with Crippen molar-refractivity contribution in [2.24, 2.45) is 0 Å².